The molecule has 348 valence electrons. The van der Waals surface area contributed by atoms with Gasteiger partial charge in [-0.15, -0.1) is 0 Å². The molecular weight excluding hydrogens is 803 g/mol. The molecule has 0 spiro atoms. The Labute approximate surface area is 377 Å². The zero-order chi connectivity index (χ0) is 45.8. The second kappa shape index (κ2) is 20.8. The van der Waals surface area contributed by atoms with Gasteiger partial charge < -0.3 is 21.9 Å². The van der Waals surface area contributed by atoms with Crippen LogP contribution < -0.4 is 22.1 Å². The van der Waals surface area contributed by atoms with Gasteiger partial charge in [-0.05, 0) is 180 Å². The maximum atomic E-state index is 15.4. The minimum absolute atomic E-state index is 0.0452. The lowest BCUT2D eigenvalue weighted by molar-refractivity contribution is -0.172. The van der Waals surface area contributed by atoms with E-state index in [1.54, 1.807) is 31.3 Å². The van der Waals surface area contributed by atoms with Crippen molar-refractivity contribution >= 4 is 35.4 Å². The van der Waals surface area contributed by atoms with Crippen LogP contribution in [0.4, 0.5) is 4.39 Å². The van der Waals surface area contributed by atoms with E-state index in [2.05, 4.69) is 51.0 Å². The van der Waals surface area contributed by atoms with Crippen LogP contribution in [0.5, 0.6) is 0 Å². The molecule has 0 aliphatic heterocycles. The van der Waals surface area contributed by atoms with Crippen LogP contribution in [0.3, 0.4) is 0 Å². The van der Waals surface area contributed by atoms with Crippen molar-refractivity contribution in [2.45, 2.75) is 137 Å². The highest BCUT2D eigenvalue weighted by atomic mass is 35.5. The number of nitrogens with two attached hydrogens (primary N) is 2. The number of likely N-dealkylation sites (N-methyl/N-ethyl adjacent to an activating group) is 1. The summed E-state index contributed by atoms with van der Waals surface area (Å²) >= 11 is 5.55. The van der Waals surface area contributed by atoms with Crippen molar-refractivity contribution in [3.63, 3.8) is 0 Å². The van der Waals surface area contributed by atoms with E-state index in [4.69, 9.17) is 17.3 Å². The summed E-state index contributed by atoms with van der Waals surface area (Å²) in [5.41, 5.74) is 13.8. The molecular formula is C51H80ClFN4O5. The quantitative estimate of drug-likeness (QED) is 0.0656. The van der Waals surface area contributed by atoms with Crippen LogP contribution in [0.1, 0.15) is 142 Å². The largest absolute Gasteiger partial charge is 0.481 e. The van der Waals surface area contributed by atoms with Gasteiger partial charge in [0.15, 0.2) is 11.6 Å². The number of nitrogens with one attached hydrogen (secondary N) is 2. The molecule has 7 rings (SSSR count). The number of benzene rings is 1. The van der Waals surface area contributed by atoms with Crippen molar-refractivity contribution in [1.82, 2.24) is 10.6 Å². The molecule has 62 heavy (non-hydrogen) atoms. The second-order valence-corrected chi connectivity index (χ2v) is 21.5. The normalized spacial score (nSPS) is 36.9. The summed E-state index contributed by atoms with van der Waals surface area (Å²) in [4.78, 5) is 48.9. The monoisotopic (exact) mass is 883 g/mol. The first-order chi connectivity index (χ1) is 29.4. The summed E-state index contributed by atoms with van der Waals surface area (Å²) < 4.78 is 15.4. The number of carbonyl (C=O) groups is 4. The van der Waals surface area contributed by atoms with Gasteiger partial charge in [-0.25, -0.2) is 4.39 Å². The highest BCUT2D eigenvalue weighted by Crippen LogP contribution is 2.72. The molecule has 5 saturated carbocycles. The Hall–Kier alpha value is -2.50. The van der Waals surface area contributed by atoms with E-state index in [1.165, 1.54) is 44.7 Å². The van der Waals surface area contributed by atoms with Gasteiger partial charge in [-0.2, -0.15) is 0 Å². The minimum Gasteiger partial charge on any atom is -0.481 e. The summed E-state index contributed by atoms with van der Waals surface area (Å²) in [6, 6.07) is 6.72. The Morgan fingerprint density at radius 3 is 2.23 bits per heavy atom. The number of Topliss-reactive ketones (excluding diaryl/α,β-unsaturated/α-hetero) is 2. The van der Waals surface area contributed by atoms with Crippen LogP contribution in [-0.2, 0) is 14.4 Å². The van der Waals surface area contributed by atoms with E-state index in [0.29, 0.717) is 103 Å². The van der Waals surface area contributed by atoms with Gasteiger partial charge in [-0.3, -0.25) is 24.5 Å². The molecule has 0 bridgehead atoms. The number of rotatable bonds is 15. The predicted molar refractivity (Wildman–Crippen MR) is 247 cm³/mol. The first-order valence-corrected chi connectivity index (χ1v) is 24.4. The number of halogens is 2. The molecule has 6 aliphatic rings. The van der Waals surface area contributed by atoms with Crippen molar-refractivity contribution in [2.24, 2.45) is 86.9 Å². The fourth-order valence-electron chi connectivity index (χ4n) is 14.5. The van der Waals surface area contributed by atoms with E-state index in [0.717, 1.165) is 37.5 Å². The number of carboxylic acid groups (broad SMARTS) is 1. The third-order valence-corrected chi connectivity index (χ3v) is 18.1. The second-order valence-electron chi connectivity index (χ2n) is 21.1. The number of hydrogen-bond donors (Lipinski definition) is 5. The molecule has 13 unspecified atom stereocenters. The van der Waals surface area contributed by atoms with Gasteiger partial charge in [0.1, 0.15) is 12.1 Å². The van der Waals surface area contributed by atoms with Crippen LogP contribution in [-0.4, -0.2) is 68.5 Å². The molecule has 6 aliphatic carbocycles. The van der Waals surface area contributed by atoms with Gasteiger partial charge in [-0.1, -0.05) is 70.8 Å². The lowest BCUT2D eigenvalue weighted by Gasteiger charge is -2.67. The number of allylic oxidation sites excluding steroid dienone is 2. The summed E-state index contributed by atoms with van der Waals surface area (Å²) in [5, 5.41) is 16.4. The number of hydrogen-bond acceptors (Lipinski definition) is 8. The van der Waals surface area contributed by atoms with Crippen molar-refractivity contribution in [3.8, 4) is 0 Å². The summed E-state index contributed by atoms with van der Waals surface area (Å²) in [5.74, 6) is 1.36. The third-order valence-electron chi connectivity index (χ3n) is 17.9. The molecule has 13 atom stereocenters. The van der Waals surface area contributed by atoms with Crippen molar-refractivity contribution in [2.75, 3.05) is 33.7 Å². The zero-order valence-electron chi connectivity index (χ0n) is 39.2. The molecule has 1 aromatic carbocycles. The lowest BCUT2D eigenvalue weighted by atomic mass is 9.37. The maximum absolute atomic E-state index is 15.4. The van der Waals surface area contributed by atoms with Crippen molar-refractivity contribution in [1.29, 1.82) is 0 Å². The molecule has 9 nitrogen and oxygen atoms in total. The van der Waals surface area contributed by atoms with Crippen LogP contribution in [0.25, 0.3) is 0 Å². The first-order valence-electron chi connectivity index (χ1n) is 24.0. The number of ketones is 2. The molecule has 0 amide bonds. The van der Waals surface area contributed by atoms with Crippen LogP contribution >= 0.6 is 11.6 Å². The third kappa shape index (κ3) is 9.85. The summed E-state index contributed by atoms with van der Waals surface area (Å²) in [6.07, 6.45) is 13.8. The number of aldehydes is 1. The van der Waals surface area contributed by atoms with Crippen LogP contribution in [0, 0.1) is 75.4 Å². The Morgan fingerprint density at radius 2 is 1.63 bits per heavy atom. The summed E-state index contributed by atoms with van der Waals surface area (Å²) in [6.45, 7) is 15.4. The van der Waals surface area contributed by atoms with E-state index >= 15 is 4.39 Å². The average Bonchev–Trinajstić information content (AvgIpc) is 3.55. The zero-order valence-corrected chi connectivity index (χ0v) is 39.9. The number of carboxylic acids is 1. The molecule has 5 fully saturated rings. The Bertz CT molecular complexity index is 1770. The van der Waals surface area contributed by atoms with Gasteiger partial charge in [0.25, 0.3) is 0 Å². The first kappa shape index (κ1) is 50.5. The Balaban J connectivity index is 0.000000581. The molecule has 1 aromatic rings. The lowest BCUT2D eigenvalue weighted by Crippen LogP contribution is -2.60. The average molecular weight is 884 g/mol. The Kier molecular flexibility index (Phi) is 16.9. The molecule has 0 radical (unpaired) electrons. The number of alkyl halides is 1. The number of aliphatic carboxylic acids is 1. The predicted octanol–water partition coefficient (Wildman–Crippen LogP) is 9.45. The molecule has 0 saturated heterocycles. The van der Waals surface area contributed by atoms with Crippen LogP contribution in [0.2, 0.25) is 5.02 Å². The maximum Gasteiger partial charge on any atom is 0.306 e. The highest BCUT2D eigenvalue weighted by Gasteiger charge is 2.64. The Morgan fingerprint density at radius 1 is 0.984 bits per heavy atom. The van der Waals surface area contributed by atoms with E-state index < -0.39 is 11.8 Å². The summed E-state index contributed by atoms with van der Waals surface area (Å²) in [7, 11) is 3.18. The van der Waals surface area contributed by atoms with Gasteiger partial charge in [0.05, 0.1) is 5.92 Å². The molecule has 0 heterocycles. The standard InChI is InChI=1S/C43H70FN3O4.C7H5ClO.CH5N/c1-25(2)37-35(49)23-42(18-20-47-24-43(44,46-7)14-8-19-45)17-13-33-29(38(37)42)9-10-36-40(5)15-11-28(26(3)32(40)12-16-41(33,36)6)21-34(48)30-22-31(27(30)4)39(50)51;8-7-3-1-6(5-9)2-4-7;1-2/h25-33,36,46-47H,8-24,45H2,1-7H3,(H,50,51);1-5H;2H2,1H3. The van der Waals surface area contributed by atoms with Gasteiger partial charge in [0.2, 0.25) is 0 Å². The number of fused-ring (bicyclic) bond motifs is 7. The molecule has 7 N–H and O–H groups in total. The van der Waals surface area contributed by atoms with E-state index in [9.17, 15) is 24.3 Å². The molecule has 11 heteroatoms. The number of carbonyl (C=O) groups excluding carboxylic acids is 3. The fourth-order valence-corrected chi connectivity index (χ4v) is 14.6. The SMILES string of the molecule is CN.CNC(F)(CCCN)CNCCC12CCC3C(CCC4C3(C)CCC3C(C)C(CC(=O)C5CC(C(=O)O)C5C)CCC34C)C1=C(C(C)C)C(=O)C2.O=Cc1ccc(Cl)cc1. The highest BCUT2D eigenvalue weighted by molar-refractivity contribution is 6.30. The van der Waals surface area contributed by atoms with Crippen LogP contribution in [0.15, 0.2) is 35.4 Å². The van der Waals surface area contributed by atoms with Gasteiger partial charge >= 0.3 is 5.97 Å². The van der Waals surface area contributed by atoms with E-state index in [-0.39, 0.29) is 46.5 Å². The smallest absolute Gasteiger partial charge is 0.306 e. The van der Waals surface area contributed by atoms with Crippen molar-refractivity contribution in [3.05, 3.63) is 46.0 Å². The fraction of sp³-hybridized carbons (Fsp3) is 0.765. The van der Waals surface area contributed by atoms with Gasteiger partial charge in [0, 0.05) is 41.3 Å². The van der Waals surface area contributed by atoms with Crippen molar-refractivity contribution < 1.29 is 28.7 Å². The topological polar surface area (TPSA) is 165 Å². The van der Waals surface area contributed by atoms with E-state index in [1.807, 2.05) is 6.92 Å². The minimum atomic E-state index is -1.48. The molecule has 0 aromatic heterocycles.